The van der Waals surface area contributed by atoms with Gasteiger partial charge in [0.05, 0.1) is 35.4 Å². The Morgan fingerprint density at radius 1 is 1.20 bits per heavy atom. The molecular formula is C27H29N5O7S. The Morgan fingerprint density at radius 2 is 1.98 bits per heavy atom. The Hall–Kier alpha value is -3.81. The molecule has 40 heavy (non-hydrogen) atoms. The van der Waals surface area contributed by atoms with Gasteiger partial charge in [-0.3, -0.25) is 24.5 Å². The summed E-state index contributed by atoms with van der Waals surface area (Å²) in [5, 5.41) is 32.1. The third-order valence-electron chi connectivity index (χ3n) is 7.63. The fourth-order valence-electron chi connectivity index (χ4n) is 5.83. The predicted octanol–water partition coefficient (Wildman–Crippen LogP) is 1.64. The second kappa shape index (κ2) is 11.0. The second-order valence-corrected chi connectivity index (χ2v) is 11.6. The van der Waals surface area contributed by atoms with Gasteiger partial charge in [-0.2, -0.15) is 0 Å². The number of fused-ring (bicyclic) bond motifs is 1. The van der Waals surface area contributed by atoms with Crippen LogP contribution in [-0.2, 0) is 20.9 Å². The van der Waals surface area contributed by atoms with E-state index in [1.54, 1.807) is 30.7 Å². The van der Waals surface area contributed by atoms with Gasteiger partial charge in [-0.25, -0.2) is 9.59 Å². The highest BCUT2D eigenvalue weighted by Crippen LogP contribution is 2.52. The zero-order valence-corrected chi connectivity index (χ0v) is 22.6. The maximum Gasteiger partial charge on any atom is 0.353 e. The molecule has 3 aliphatic rings. The summed E-state index contributed by atoms with van der Waals surface area (Å²) in [5.74, 6) is -3.96. The van der Waals surface area contributed by atoms with Gasteiger partial charge >= 0.3 is 11.9 Å². The average molecular weight is 568 g/mol. The number of aromatic nitrogens is 2. The maximum atomic E-state index is 13.5. The van der Waals surface area contributed by atoms with E-state index in [2.05, 4.69) is 15.3 Å². The fraction of sp³-hybridized carbons (Fsp3) is 0.407. The standard InChI is InChI=1S/C27H29N5O7S/c1-13-21-20(14(2)33)25(35)32(21)22(27(38)39)23(13)40-18-9-19(31(12-18)11-17-10-28-6-7-29-17)24(34)30-16-5-3-4-15(8-16)26(36)37/h3-8,10,13-14,18-21,33H,9,11-12H2,1-2H3,(H,30,34)(H,36,37)(H,38,39)/t13-,14-,18+,19+,20-,21-/m1/s1. The lowest BCUT2D eigenvalue weighted by molar-refractivity contribution is -0.163. The molecule has 0 aliphatic carbocycles. The molecule has 2 fully saturated rings. The van der Waals surface area contributed by atoms with E-state index in [1.807, 2.05) is 11.8 Å². The number of nitrogens with zero attached hydrogens (tertiary/aromatic N) is 4. The second-order valence-electron chi connectivity index (χ2n) is 10.3. The highest BCUT2D eigenvalue weighted by Gasteiger charge is 2.60. The monoisotopic (exact) mass is 567 g/mol. The van der Waals surface area contributed by atoms with Crippen LogP contribution in [0.4, 0.5) is 5.69 Å². The number of aliphatic hydroxyl groups is 1. The van der Waals surface area contributed by atoms with Gasteiger partial charge in [0, 0.05) is 53.4 Å². The smallest absolute Gasteiger partial charge is 0.353 e. The summed E-state index contributed by atoms with van der Waals surface area (Å²) >= 11 is 1.36. The summed E-state index contributed by atoms with van der Waals surface area (Å²) in [6.45, 7) is 4.17. The normalized spacial score (nSPS) is 26.8. The number of carboxylic acids is 2. The molecule has 13 heteroatoms. The number of benzene rings is 1. The molecule has 2 aromatic rings. The maximum absolute atomic E-state index is 13.5. The number of hydrogen-bond donors (Lipinski definition) is 4. The number of hydrogen-bond acceptors (Lipinski definition) is 9. The molecule has 1 aromatic carbocycles. The minimum absolute atomic E-state index is 0.0482. The Morgan fingerprint density at radius 3 is 2.62 bits per heavy atom. The number of rotatable bonds is 9. The first-order valence-corrected chi connectivity index (χ1v) is 13.7. The molecule has 2 amide bonds. The van der Waals surface area contributed by atoms with Crippen LogP contribution in [0.5, 0.6) is 0 Å². The number of anilines is 1. The molecule has 0 unspecified atom stereocenters. The molecule has 0 radical (unpaired) electrons. The van der Waals surface area contributed by atoms with Crippen molar-refractivity contribution >= 4 is 41.2 Å². The highest BCUT2D eigenvalue weighted by molar-refractivity contribution is 8.03. The first-order valence-electron chi connectivity index (χ1n) is 12.8. The number of thioether (sulfide) groups is 1. The van der Waals surface area contributed by atoms with Crippen molar-refractivity contribution in [2.75, 3.05) is 11.9 Å². The number of carbonyl (C=O) groups excluding carboxylic acids is 2. The van der Waals surface area contributed by atoms with E-state index in [-0.39, 0.29) is 28.3 Å². The topological polar surface area (TPSA) is 173 Å². The van der Waals surface area contributed by atoms with Gasteiger partial charge < -0.3 is 25.5 Å². The molecule has 4 heterocycles. The number of aromatic carboxylic acids is 1. The summed E-state index contributed by atoms with van der Waals surface area (Å²) in [4.78, 5) is 62.0. The van der Waals surface area contributed by atoms with Gasteiger partial charge in [0.2, 0.25) is 11.8 Å². The minimum atomic E-state index is -1.20. The van der Waals surface area contributed by atoms with Gasteiger partial charge in [-0.15, -0.1) is 11.8 Å². The Bertz CT molecular complexity index is 1380. The molecule has 2 saturated heterocycles. The van der Waals surface area contributed by atoms with Gasteiger partial charge in [0.25, 0.3) is 0 Å². The summed E-state index contributed by atoms with van der Waals surface area (Å²) in [6.07, 6.45) is 4.23. The Labute approximate surface area is 234 Å². The zero-order valence-electron chi connectivity index (χ0n) is 21.8. The van der Waals surface area contributed by atoms with Gasteiger partial charge in [-0.1, -0.05) is 13.0 Å². The minimum Gasteiger partial charge on any atom is -0.478 e. The molecular weight excluding hydrogens is 538 g/mol. The van der Waals surface area contributed by atoms with Gasteiger partial charge in [0.15, 0.2) is 0 Å². The van der Waals surface area contributed by atoms with Crippen molar-refractivity contribution in [3.63, 3.8) is 0 Å². The first-order chi connectivity index (χ1) is 19.1. The molecule has 0 bridgehead atoms. The molecule has 12 nitrogen and oxygen atoms in total. The molecule has 6 atom stereocenters. The van der Waals surface area contributed by atoms with Crippen LogP contribution in [0.25, 0.3) is 0 Å². The van der Waals surface area contributed by atoms with Crippen LogP contribution < -0.4 is 5.32 Å². The van der Waals surface area contributed by atoms with Crippen molar-refractivity contribution in [3.8, 4) is 0 Å². The quantitative estimate of drug-likeness (QED) is 0.324. The van der Waals surface area contributed by atoms with Crippen molar-refractivity contribution < 1.29 is 34.5 Å². The lowest BCUT2D eigenvalue weighted by atomic mass is 9.79. The van der Waals surface area contributed by atoms with Crippen molar-refractivity contribution in [2.45, 2.75) is 50.3 Å². The molecule has 0 saturated carbocycles. The van der Waals surface area contributed by atoms with Crippen LogP contribution in [0.3, 0.4) is 0 Å². The number of amides is 2. The van der Waals surface area contributed by atoms with Crippen molar-refractivity contribution in [1.82, 2.24) is 19.8 Å². The third kappa shape index (κ3) is 5.07. The Kier molecular flexibility index (Phi) is 7.62. The van der Waals surface area contributed by atoms with Crippen LogP contribution in [-0.4, -0.2) is 88.8 Å². The molecule has 1 aromatic heterocycles. The molecule has 5 rings (SSSR count). The van der Waals surface area contributed by atoms with Crippen molar-refractivity contribution in [1.29, 1.82) is 0 Å². The van der Waals surface area contributed by atoms with E-state index in [4.69, 9.17) is 0 Å². The van der Waals surface area contributed by atoms with Gasteiger partial charge in [0.1, 0.15) is 5.70 Å². The zero-order chi connectivity index (χ0) is 28.7. The van der Waals surface area contributed by atoms with Crippen molar-refractivity contribution in [2.24, 2.45) is 11.8 Å². The van der Waals surface area contributed by atoms with Crippen LogP contribution >= 0.6 is 11.8 Å². The number of carboxylic acid groups (broad SMARTS) is 2. The summed E-state index contributed by atoms with van der Waals surface area (Å²) in [7, 11) is 0. The van der Waals surface area contributed by atoms with E-state index < -0.39 is 42.0 Å². The molecule has 210 valence electrons. The number of aliphatic carboxylic acids is 1. The van der Waals surface area contributed by atoms with Gasteiger partial charge in [-0.05, 0) is 31.5 Å². The SMILES string of the molecule is C[C@@H](O)[C@H]1C(=O)N2C(C(=O)O)=C(S[C@H]3C[C@@H](C(=O)Nc4cccc(C(=O)O)c4)N(Cc4cnccn4)C3)[C@H](C)[C@H]12. The number of β-lactam (4-membered cyclic amide) rings is 1. The van der Waals surface area contributed by atoms with Crippen LogP contribution in [0, 0.1) is 11.8 Å². The largest absolute Gasteiger partial charge is 0.478 e. The summed E-state index contributed by atoms with van der Waals surface area (Å²) < 4.78 is 0. The number of aliphatic hydroxyl groups excluding tert-OH is 1. The van der Waals surface area contributed by atoms with E-state index in [0.29, 0.717) is 35.8 Å². The average Bonchev–Trinajstić information content (AvgIpc) is 3.41. The van der Waals surface area contributed by atoms with E-state index in [9.17, 15) is 34.5 Å². The van der Waals surface area contributed by atoms with Crippen molar-refractivity contribution in [3.05, 3.63) is 64.7 Å². The van der Waals surface area contributed by atoms with E-state index in [0.717, 1.165) is 0 Å². The molecule has 4 N–H and O–H groups in total. The van der Waals surface area contributed by atoms with E-state index >= 15 is 0 Å². The number of nitrogens with one attached hydrogen (secondary N) is 1. The van der Waals surface area contributed by atoms with Crippen LogP contribution in [0.1, 0.15) is 36.3 Å². The predicted molar refractivity (Wildman–Crippen MR) is 144 cm³/mol. The fourth-order valence-corrected chi connectivity index (χ4v) is 7.38. The van der Waals surface area contributed by atoms with Crippen LogP contribution in [0.15, 0.2) is 53.5 Å². The van der Waals surface area contributed by atoms with Crippen LogP contribution in [0.2, 0.25) is 0 Å². The third-order valence-corrected chi connectivity index (χ3v) is 9.13. The number of likely N-dealkylation sites (tertiary alicyclic amines) is 1. The molecule has 3 aliphatic heterocycles. The highest BCUT2D eigenvalue weighted by atomic mass is 32.2. The molecule has 0 spiro atoms. The summed E-state index contributed by atoms with van der Waals surface area (Å²) in [5.41, 5.74) is 1.01. The first kappa shape index (κ1) is 27.7. The lowest BCUT2D eigenvalue weighted by Crippen LogP contribution is -2.63. The summed E-state index contributed by atoms with van der Waals surface area (Å²) in [6, 6.07) is 4.96. The number of carbonyl (C=O) groups is 4. The lowest BCUT2D eigenvalue weighted by Gasteiger charge is -2.46. The Balaban J connectivity index is 1.38. The van der Waals surface area contributed by atoms with E-state index in [1.165, 1.54) is 35.7 Å².